The van der Waals surface area contributed by atoms with Gasteiger partial charge in [0.25, 0.3) is 0 Å². The normalized spacial score (nSPS) is 13.9. The van der Waals surface area contributed by atoms with Gasteiger partial charge in [0.15, 0.2) is 0 Å². The topological polar surface area (TPSA) is 26.3 Å². The molecule has 1 aliphatic rings. The van der Waals surface area contributed by atoms with E-state index in [1.54, 1.807) is 6.07 Å². The number of fused-ring (bicyclic) bond motifs is 1. The molecule has 0 N–H and O–H groups in total. The zero-order chi connectivity index (χ0) is 10.1. The van der Waals surface area contributed by atoms with Gasteiger partial charge in [0.2, 0.25) is 0 Å². The molecule has 0 heterocycles. The zero-order valence-electron chi connectivity index (χ0n) is 7.97. The van der Waals surface area contributed by atoms with Gasteiger partial charge in [-0.15, -0.1) is 0 Å². The molecular formula is C11H11FO2. The molecule has 0 saturated heterocycles. The van der Waals surface area contributed by atoms with Crippen molar-refractivity contribution < 1.29 is 13.9 Å². The van der Waals surface area contributed by atoms with Gasteiger partial charge < -0.3 is 4.74 Å². The quantitative estimate of drug-likeness (QED) is 0.640. The number of esters is 1. The largest absolute Gasteiger partial charge is 0.465 e. The van der Waals surface area contributed by atoms with Gasteiger partial charge in [-0.1, -0.05) is 0 Å². The van der Waals surface area contributed by atoms with Crippen molar-refractivity contribution in [1.82, 2.24) is 0 Å². The summed E-state index contributed by atoms with van der Waals surface area (Å²) in [6, 6.07) is 2.99. The summed E-state index contributed by atoms with van der Waals surface area (Å²) in [6.07, 6.45) is 2.61. The number of halogens is 1. The van der Waals surface area contributed by atoms with Gasteiger partial charge in [-0.25, -0.2) is 9.18 Å². The van der Waals surface area contributed by atoms with Crippen molar-refractivity contribution in [1.29, 1.82) is 0 Å². The summed E-state index contributed by atoms with van der Waals surface area (Å²) >= 11 is 0. The van der Waals surface area contributed by atoms with Crippen LogP contribution in [-0.2, 0) is 17.6 Å². The van der Waals surface area contributed by atoms with E-state index in [1.165, 1.54) is 13.2 Å². The van der Waals surface area contributed by atoms with Crippen molar-refractivity contribution in [2.45, 2.75) is 19.3 Å². The monoisotopic (exact) mass is 194 g/mol. The average Bonchev–Trinajstić information content (AvgIpc) is 2.64. The molecule has 74 valence electrons. The van der Waals surface area contributed by atoms with Crippen LogP contribution in [0, 0.1) is 5.82 Å². The van der Waals surface area contributed by atoms with E-state index < -0.39 is 5.97 Å². The first-order chi connectivity index (χ1) is 6.72. The molecule has 0 unspecified atom stereocenters. The van der Waals surface area contributed by atoms with E-state index in [0.717, 1.165) is 30.4 Å². The molecule has 0 saturated carbocycles. The second-order valence-corrected chi connectivity index (χ2v) is 3.44. The number of methoxy groups -OCH3 is 1. The number of hydrogen-bond acceptors (Lipinski definition) is 2. The lowest BCUT2D eigenvalue weighted by Crippen LogP contribution is -2.03. The summed E-state index contributed by atoms with van der Waals surface area (Å²) < 4.78 is 18.0. The number of hydrogen-bond donors (Lipinski definition) is 0. The van der Waals surface area contributed by atoms with Crippen LogP contribution in [-0.4, -0.2) is 13.1 Å². The lowest BCUT2D eigenvalue weighted by atomic mass is 10.1. The predicted octanol–water partition coefficient (Wildman–Crippen LogP) is 2.10. The molecule has 1 aromatic rings. The summed E-state index contributed by atoms with van der Waals surface area (Å²) in [5.41, 5.74) is 2.02. The lowest BCUT2D eigenvalue weighted by molar-refractivity contribution is 0.0600. The Morgan fingerprint density at radius 1 is 1.43 bits per heavy atom. The maximum absolute atomic E-state index is 13.4. The van der Waals surface area contributed by atoms with Gasteiger partial charge in [-0.05, 0) is 42.5 Å². The SMILES string of the molecule is COC(=O)c1cc(F)c2c(c1)CCC2. The van der Waals surface area contributed by atoms with E-state index in [9.17, 15) is 9.18 Å². The van der Waals surface area contributed by atoms with E-state index >= 15 is 0 Å². The van der Waals surface area contributed by atoms with E-state index in [1.807, 2.05) is 0 Å². The van der Waals surface area contributed by atoms with Crippen molar-refractivity contribution in [2.24, 2.45) is 0 Å². The third-order valence-electron chi connectivity index (χ3n) is 2.58. The van der Waals surface area contributed by atoms with Crippen LogP contribution < -0.4 is 0 Å². The molecule has 3 heteroatoms. The molecule has 2 nitrogen and oxygen atoms in total. The molecule has 0 fully saturated rings. The van der Waals surface area contributed by atoms with E-state index in [0.29, 0.717) is 5.56 Å². The second-order valence-electron chi connectivity index (χ2n) is 3.44. The maximum atomic E-state index is 13.4. The summed E-state index contributed by atoms with van der Waals surface area (Å²) in [7, 11) is 1.30. The Bertz CT molecular complexity index is 385. The van der Waals surface area contributed by atoms with Crippen molar-refractivity contribution in [3.8, 4) is 0 Å². The molecule has 1 aliphatic carbocycles. The highest BCUT2D eigenvalue weighted by atomic mass is 19.1. The molecule has 14 heavy (non-hydrogen) atoms. The summed E-state index contributed by atoms with van der Waals surface area (Å²) in [4.78, 5) is 11.2. The fourth-order valence-corrected chi connectivity index (χ4v) is 1.89. The van der Waals surface area contributed by atoms with Crippen LogP contribution in [0.2, 0.25) is 0 Å². The van der Waals surface area contributed by atoms with Crippen LogP contribution in [0.4, 0.5) is 4.39 Å². The van der Waals surface area contributed by atoms with Gasteiger partial charge in [0, 0.05) is 0 Å². The summed E-state index contributed by atoms with van der Waals surface area (Å²) in [5.74, 6) is -0.751. The summed E-state index contributed by atoms with van der Waals surface area (Å²) in [6.45, 7) is 0. The molecule has 0 atom stereocenters. The first kappa shape index (κ1) is 9.19. The highest BCUT2D eigenvalue weighted by molar-refractivity contribution is 5.89. The van der Waals surface area contributed by atoms with Crippen LogP contribution in [0.25, 0.3) is 0 Å². The number of carbonyl (C=O) groups excluding carboxylic acids is 1. The van der Waals surface area contributed by atoms with E-state index in [4.69, 9.17) is 0 Å². The fraction of sp³-hybridized carbons (Fsp3) is 0.364. The smallest absolute Gasteiger partial charge is 0.337 e. The van der Waals surface area contributed by atoms with Crippen LogP contribution >= 0.6 is 0 Å². The lowest BCUT2D eigenvalue weighted by Gasteiger charge is -2.04. The van der Waals surface area contributed by atoms with Crippen molar-refractivity contribution >= 4 is 5.97 Å². The standard InChI is InChI=1S/C11H11FO2/c1-14-11(13)8-5-7-3-2-4-9(7)10(12)6-8/h5-6H,2-4H2,1H3. The number of rotatable bonds is 1. The zero-order valence-corrected chi connectivity index (χ0v) is 7.97. The van der Waals surface area contributed by atoms with Crippen LogP contribution in [0.3, 0.4) is 0 Å². The third-order valence-corrected chi connectivity index (χ3v) is 2.58. The first-order valence-electron chi connectivity index (χ1n) is 4.62. The Morgan fingerprint density at radius 3 is 2.93 bits per heavy atom. The second kappa shape index (κ2) is 3.40. The Hall–Kier alpha value is -1.38. The number of aryl methyl sites for hydroxylation is 1. The number of ether oxygens (including phenoxy) is 1. The van der Waals surface area contributed by atoms with Crippen molar-refractivity contribution in [3.63, 3.8) is 0 Å². The van der Waals surface area contributed by atoms with Crippen molar-refractivity contribution in [3.05, 3.63) is 34.6 Å². The minimum absolute atomic E-state index is 0.277. The van der Waals surface area contributed by atoms with Crippen molar-refractivity contribution in [2.75, 3.05) is 7.11 Å². The number of carbonyl (C=O) groups is 1. The molecule has 1 aromatic carbocycles. The van der Waals surface area contributed by atoms with Gasteiger partial charge >= 0.3 is 5.97 Å². The average molecular weight is 194 g/mol. The maximum Gasteiger partial charge on any atom is 0.337 e. The minimum atomic E-state index is -0.474. The Morgan fingerprint density at radius 2 is 2.21 bits per heavy atom. The number of benzene rings is 1. The van der Waals surface area contributed by atoms with Gasteiger partial charge in [0.1, 0.15) is 5.82 Å². The first-order valence-corrected chi connectivity index (χ1v) is 4.62. The summed E-state index contributed by atoms with van der Waals surface area (Å²) in [5, 5.41) is 0. The molecule has 2 rings (SSSR count). The van der Waals surface area contributed by atoms with Gasteiger partial charge in [-0.2, -0.15) is 0 Å². The molecule has 0 aliphatic heterocycles. The minimum Gasteiger partial charge on any atom is -0.465 e. The predicted molar refractivity (Wildman–Crippen MR) is 49.8 cm³/mol. The molecule has 0 amide bonds. The van der Waals surface area contributed by atoms with E-state index in [2.05, 4.69) is 4.74 Å². The molecule has 0 aromatic heterocycles. The van der Waals surface area contributed by atoms with Crippen LogP contribution in [0.5, 0.6) is 0 Å². The van der Waals surface area contributed by atoms with Crippen LogP contribution in [0.1, 0.15) is 27.9 Å². The molecule has 0 bridgehead atoms. The van der Waals surface area contributed by atoms with Gasteiger partial charge in [0.05, 0.1) is 12.7 Å². The van der Waals surface area contributed by atoms with Crippen LogP contribution in [0.15, 0.2) is 12.1 Å². The van der Waals surface area contributed by atoms with Gasteiger partial charge in [-0.3, -0.25) is 0 Å². The molecule has 0 spiro atoms. The fourth-order valence-electron chi connectivity index (χ4n) is 1.89. The van der Waals surface area contributed by atoms with E-state index in [-0.39, 0.29) is 5.82 Å². The third kappa shape index (κ3) is 1.39. The highest BCUT2D eigenvalue weighted by Crippen LogP contribution is 2.26. The highest BCUT2D eigenvalue weighted by Gasteiger charge is 2.18. The Kier molecular flexibility index (Phi) is 2.23. The Balaban J connectivity index is 2.46. The molecular weight excluding hydrogens is 183 g/mol. The molecule has 0 radical (unpaired) electrons. The Labute approximate surface area is 81.7 Å².